The SMILES string of the molecule is c1ccc(-c2nc(-c3ccccc3)nc(-c3cc(-c4cccc(-c5ccc6c(c5)C5c7ccccc7C6c6ccccc65)c4)cc(-c4ncccn4)c3)n2)cc1. The smallest absolute Gasteiger partial charge is 0.164 e. The van der Waals surface area contributed by atoms with E-state index < -0.39 is 0 Å². The summed E-state index contributed by atoms with van der Waals surface area (Å²) in [4.78, 5) is 24.3. The Morgan fingerprint density at radius 1 is 0.250 bits per heavy atom. The second kappa shape index (κ2) is 13.2. The van der Waals surface area contributed by atoms with Gasteiger partial charge in [0.2, 0.25) is 0 Å². The first-order chi connectivity index (χ1) is 27.7. The third-order valence-corrected chi connectivity index (χ3v) is 11.2. The van der Waals surface area contributed by atoms with Gasteiger partial charge in [-0.25, -0.2) is 24.9 Å². The van der Waals surface area contributed by atoms with E-state index in [2.05, 4.69) is 119 Å². The molecule has 56 heavy (non-hydrogen) atoms. The molecule has 2 aromatic heterocycles. The lowest BCUT2D eigenvalue weighted by Gasteiger charge is -2.42. The number of aromatic nitrogens is 5. The van der Waals surface area contributed by atoms with Gasteiger partial charge in [0.05, 0.1) is 0 Å². The van der Waals surface area contributed by atoms with Gasteiger partial charge in [0.1, 0.15) is 0 Å². The zero-order valence-electron chi connectivity index (χ0n) is 30.3. The van der Waals surface area contributed by atoms with Crippen molar-refractivity contribution in [3.05, 3.63) is 222 Å². The highest BCUT2D eigenvalue weighted by molar-refractivity contribution is 5.82. The Balaban J connectivity index is 1.04. The van der Waals surface area contributed by atoms with Crippen molar-refractivity contribution in [2.45, 2.75) is 11.8 Å². The largest absolute Gasteiger partial charge is 0.237 e. The van der Waals surface area contributed by atoms with Crippen molar-refractivity contribution in [3.8, 4) is 67.8 Å². The molecule has 262 valence electrons. The van der Waals surface area contributed by atoms with Crippen LogP contribution in [-0.2, 0) is 0 Å². The lowest BCUT2D eigenvalue weighted by Crippen LogP contribution is -2.27. The summed E-state index contributed by atoms with van der Waals surface area (Å²) >= 11 is 0. The Morgan fingerprint density at radius 2 is 0.643 bits per heavy atom. The quantitative estimate of drug-likeness (QED) is 0.171. The first kappa shape index (κ1) is 32.1. The minimum atomic E-state index is 0.220. The number of benzene rings is 7. The third kappa shape index (κ3) is 5.44. The Kier molecular flexibility index (Phi) is 7.56. The molecule has 5 heteroatoms. The average molecular weight is 716 g/mol. The van der Waals surface area contributed by atoms with Crippen molar-refractivity contribution >= 4 is 0 Å². The van der Waals surface area contributed by atoms with Gasteiger partial charge in [0.25, 0.3) is 0 Å². The van der Waals surface area contributed by atoms with Gasteiger partial charge in [-0.1, -0.05) is 140 Å². The van der Waals surface area contributed by atoms with Gasteiger partial charge in [-0.2, -0.15) is 0 Å². The van der Waals surface area contributed by atoms with E-state index >= 15 is 0 Å². The van der Waals surface area contributed by atoms with E-state index in [0.717, 1.165) is 38.9 Å². The summed E-state index contributed by atoms with van der Waals surface area (Å²) < 4.78 is 0. The van der Waals surface area contributed by atoms with Crippen molar-refractivity contribution in [3.63, 3.8) is 0 Å². The number of hydrogen-bond acceptors (Lipinski definition) is 5. The van der Waals surface area contributed by atoms with Crippen molar-refractivity contribution < 1.29 is 0 Å². The molecule has 5 nitrogen and oxygen atoms in total. The molecular weight excluding hydrogens is 683 g/mol. The lowest BCUT2D eigenvalue weighted by molar-refractivity contribution is 0.755. The van der Waals surface area contributed by atoms with Crippen molar-refractivity contribution in [1.82, 2.24) is 24.9 Å². The molecule has 0 aliphatic heterocycles. The monoisotopic (exact) mass is 715 g/mol. The second-order valence-corrected chi connectivity index (χ2v) is 14.5. The Morgan fingerprint density at radius 3 is 1.21 bits per heavy atom. The van der Waals surface area contributed by atoms with Crippen LogP contribution < -0.4 is 0 Å². The summed E-state index contributed by atoms with van der Waals surface area (Å²) in [5.74, 6) is 2.93. The van der Waals surface area contributed by atoms with E-state index in [0.29, 0.717) is 23.3 Å². The molecule has 0 radical (unpaired) electrons. The molecule has 0 fully saturated rings. The summed E-state index contributed by atoms with van der Waals surface area (Å²) in [6.45, 7) is 0. The van der Waals surface area contributed by atoms with Gasteiger partial charge in [-0.05, 0) is 92.0 Å². The summed E-state index contributed by atoms with van der Waals surface area (Å²) in [6.07, 6.45) is 3.55. The molecule has 0 N–H and O–H groups in total. The van der Waals surface area contributed by atoms with E-state index in [1.165, 1.54) is 38.9 Å². The third-order valence-electron chi connectivity index (χ3n) is 11.2. The van der Waals surface area contributed by atoms with Crippen LogP contribution in [-0.4, -0.2) is 24.9 Å². The molecule has 0 saturated carbocycles. The minimum Gasteiger partial charge on any atom is -0.237 e. The predicted molar refractivity (Wildman–Crippen MR) is 223 cm³/mol. The van der Waals surface area contributed by atoms with Crippen LogP contribution in [0.2, 0.25) is 0 Å². The fourth-order valence-corrected chi connectivity index (χ4v) is 8.66. The first-order valence-corrected chi connectivity index (χ1v) is 19.0. The van der Waals surface area contributed by atoms with Crippen LogP contribution in [0.25, 0.3) is 67.8 Å². The molecule has 2 bridgehead atoms. The molecule has 9 aromatic rings. The van der Waals surface area contributed by atoms with Crippen molar-refractivity contribution in [1.29, 1.82) is 0 Å². The molecule has 0 atom stereocenters. The zero-order chi connectivity index (χ0) is 37.0. The van der Waals surface area contributed by atoms with Crippen LogP contribution in [0.1, 0.15) is 45.2 Å². The topological polar surface area (TPSA) is 64.5 Å². The van der Waals surface area contributed by atoms with Crippen molar-refractivity contribution in [2.75, 3.05) is 0 Å². The van der Waals surface area contributed by atoms with Gasteiger partial charge in [0, 0.05) is 46.5 Å². The molecule has 0 unspecified atom stereocenters. The highest BCUT2D eigenvalue weighted by Gasteiger charge is 2.40. The summed E-state index contributed by atoms with van der Waals surface area (Å²) in [5, 5.41) is 0. The molecule has 0 saturated heterocycles. The van der Waals surface area contributed by atoms with E-state index in [1.807, 2.05) is 66.7 Å². The average Bonchev–Trinajstić information content (AvgIpc) is 3.29. The fourth-order valence-electron chi connectivity index (χ4n) is 8.66. The van der Waals surface area contributed by atoms with Crippen molar-refractivity contribution in [2.24, 2.45) is 0 Å². The molecular formula is C51H33N5. The van der Waals surface area contributed by atoms with Crippen LogP contribution in [0.3, 0.4) is 0 Å². The first-order valence-electron chi connectivity index (χ1n) is 19.0. The fraction of sp³-hybridized carbons (Fsp3) is 0.0392. The Bertz CT molecular complexity index is 2820. The Hall–Kier alpha value is -7.37. The predicted octanol–water partition coefficient (Wildman–Crippen LogP) is 11.7. The van der Waals surface area contributed by atoms with Crippen LogP contribution in [0, 0.1) is 0 Å². The van der Waals surface area contributed by atoms with Gasteiger partial charge < -0.3 is 0 Å². The maximum Gasteiger partial charge on any atom is 0.164 e. The molecule has 0 spiro atoms. The van der Waals surface area contributed by atoms with Crippen LogP contribution in [0.5, 0.6) is 0 Å². The molecule has 3 aliphatic carbocycles. The molecule has 0 amide bonds. The maximum absolute atomic E-state index is 5.06. The molecule has 3 aliphatic rings. The highest BCUT2D eigenvalue weighted by Crippen LogP contribution is 2.56. The van der Waals surface area contributed by atoms with Crippen LogP contribution >= 0.6 is 0 Å². The van der Waals surface area contributed by atoms with Crippen LogP contribution in [0.15, 0.2) is 188 Å². The second-order valence-electron chi connectivity index (χ2n) is 14.5. The van der Waals surface area contributed by atoms with E-state index in [-0.39, 0.29) is 11.8 Å². The van der Waals surface area contributed by atoms with Gasteiger partial charge in [0.15, 0.2) is 23.3 Å². The summed E-state index contributed by atoms with van der Waals surface area (Å²) in [6, 6.07) is 62.3. The molecule has 2 heterocycles. The highest BCUT2D eigenvalue weighted by atomic mass is 15.0. The number of nitrogens with zero attached hydrogens (tertiary/aromatic N) is 5. The summed E-state index contributed by atoms with van der Waals surface area (Å²) in [7, 11) is 0. The normalized spacial score (nSPS) is 14.8. The maximum atomic E-state index is 5.06. The lowest BCUT2D eigenvalue weighted by atomic mass is 9.61. The zero-order valence-corrected chi connectivity index (χ0v) is 30.3. The van der Waals surface area contributed by atoms with Crippen LogP contribution in [0.4, 0.5) is 0 Å². The van der Waals surface area contributed by atoms with Gasteiger partial charge >= 0.3 is 0 Å². The summed E-state index contributed by atoms with van der Waals surface area (Å²) in [5.41, 5.74) is 16.6. The van der Waals surface area contributed by atoms with E-state index in [1.54, 1.807) is 12.4 Å². The Labute approximate surface area is 325 Å². The number of rotatable bonds is 6. The van der Waals surface area contributed by atoms with E-state index in [4.69, 9.17) is 15.0 Å². The van der Waals surface area contributed by atoms with Gasteiger partial charge in [-0.15, -0.1) is 0 Å². The van der Waals surface area contributed by atoms with E-state index in [9.17, 15) is 0 Å². The standard InChI is InChI=1S/C51H33N5/c1-3-13-32(14-4-1)49-54-50(33-15-5-2-6-16-33)56-51(55-49)39-29-37(28-38(30-39)48-52-25-12-26-53-48)35-18-11-17-34(27-35)36-23-24-44-45(31-36)47-42-21-9-7-19-40(42)46(44)41-20-8-10-22-43(41)47/h1-31,46-47H. The number of hydrogen-bond donors (Lipinski definition) is 0. The molecule has 7 aromatic carbocycles. The molecule has 12 rings (SSSR count). The van der Waals surface area contributed by atoms with Gasteiger partial charge in [-0.3, -0.25) is 0 Å². The minimum absolute atomic E-state index is 0.220.